The maximum atomic E-state index is 12.7. The molecule has 2 aromatic rings. The lowest BCUT2D eigenvalue weighted by Gasteiger charge is -2.26. The van der Waals surface area contributed by atoms with Crippen LogP contribution in [0.4, 0.5) is 5.69 Å². The average Bonchev–Trinajstić information content (AvgIpc) is 2.74. The van der Waals surface area contributed by atoms with Gasteiger partial charge in [0.05, 0.1) is 11.7 Å². The standard InChI is InChI=1S/C23H27N3O3S/c1-16(2)29-20-12-5-4-11-19(20)21(27)25-23(30)24-18-10-8-9-17(15-18)22(28)26-13-6-3-7-14-26/h4-5,8-12,15-16H,3,6-7,13-14H2,1-2H3,(H2,24,25,27,30). The van der Waals surface area contributed by atoms with Crippen LogP contribution in [0.3, 0.4) is 0 Å². The van der Waals surface area contributed by atoms with E-state index in [0.29, 0.717) is 22.6 Å². The number of piperidine rings is 1. The molecule has 0 bridgehead atoms. The van der Waals surface area contributed by atoms with Gasteiger partial charge in [-0.1, -0.05) is 18.2 Å². The second-order valence-electron chi connectivity index (χ2n) is 7.50. The summed E-state index contributed by atoms with van der Waals surface area (Å²) >= 11 is 5.30. The van der Waals surface area contributed by atoms with Crippen molar-refractivity contribution < 1.29 is 14.3 Å². The summed E-state index contributed by atoms with van der Waals surface area (Å²) in [5.41, 5.74) is 1.66. The summed E-state index contributed by atoms with van der Waals surface area (Å²) < 4.78 is 5.70. The van der Waals surface area contributed by atoms with E-state index < -0.39 is 0 Å². The van der Waals surface area contributed by atoms with Crippen LogP contribution >= 0.6 is 12.2 Å². The molecular weight excluding hydrogens is 398 g/mol. The van der Waals surface area contributed by atoms with E-state index in [1.54, 1.807) is 42.5 Å². The van der Waals surface area contributed by atoms with Gasteiger partial charge in [-0.3, -0.25) is 14.9 Å². The summed E-state index contributed by atoms with van der Waals surface area (Å²) in [5.74, 6) is 0.166. The van der Waals surface area contributed by atoms with Crippen molar-refractivity contribution in [3.63, 3.8) is 0 Å². The number of ether oxygens (including phenoxy) is 1. The number of amides is 2. The highest BCUT2D eigenvalue weighted by Crippen LogP contribution is 2.20. The number of para-hydroxylation sites is 1. The zero-order chi connectivity index (χ0) is 21.5. The molecule has 0 spiro atoms. The molecule has 1 heterocycles. The third-order valence-corrected chi connectivity index (χ3v) is 4.94. The molecular formula is C23H27N3O3S. The van der Waals surface area contributed by atoms with Crippen molar-refractivity contribution in [2.75, 3.05) is 18.4 Å². The first-order valence-electron chi connectivity index (χ1n) is 10.2. The van der Waals surface area contributed by atoms with Crippen LogP contribution < -0.4 is 15.4 Å². The lowest BCUT2D eigenvalue weighted by Crippen LogP contribution is -2.36. The quantitative estimate of drug-likeness (QED) is 0.702. The largest absolute Gasteiger partial charge is 0.490 e. The minimum absolute atomic E-state index is 0.0214. The van der Waals surface area contributed by atoms with Crippen LogP contribution in [0.5, 0.6) is 5.75 Å². The predicted molar refractivity (Wildman–Crippen MR) is 122 cm³/mol. The van der Waals surface area contributed by atoms with Gasteiger partial charge in [0.25, 0.3) is 11.8 Å². The topological polar surface area (TPSA) is 70.7 Å². The first-order valence-corrected chi connectivity index (χ1v) is 10.6. The normalized spacial score (nSPS) is 13.6. The Labute approximate surface area is 182 Å². The van der Waals surface area contributed by atoms with Crippen molar-refractivity contribution in [2.24, 2.45) is 0 Å². The van der Waals surface area contributed by atoms with Gasteiger partial charge >= 0.3 is 0 Å². The molecule has 1 aliphatic heterocycles. The van der Waals surface area contributed by atoms with Gasteiger partial charge in [-0.15, -0.1) is 0 Å². The number of carbonyl (C=O) groups excluding carboxylic acids is 2. The van der Waals surface area contributed by atoms with Crippen LogP contribution in [0.15, 0.2) is 48.5 Å². The fraction of sp³-hybridized carbons (Fsp3) is 0.348. The maximum absolute atomic E-state index is 12.7. The van der Waals surface area contributed by atoms with Gasteiger partial charge in [0.1, 0.15) is 5.75 Å². The minimum Gasteiger partial charge on any atom is -0.490 e. The second-order valence-corrected chi connectivity index (χ2v) is 7.91. The number of carbonyl (C=O) groups is 2. The first-order chi connectivity index (χ1) is 14.4. The van der Waals surface area contributed by atoms with E-state index in [1.165, 1.54) is 6.42 Å². The molecule has 7 heteroatoms. The van der Waals surface area contributed by atoms with Gasteiger partial charge in [0.2, 0.25) is 0 Å². The van der Waals surface area contributed by atoms with Crippen LogP contribution in [0.1, 0.15) is 53.8 Å². The SMILES string of the molecule is CC(C)Oc1ccccc1C(=O)NC(=S)Nc1cccc(C(=O)N2CCCCC2)c1. The molecule has 1 aliphatic rings. The van der Waals surface area contributed by atoms with Crippen LogP contribution in [0, 0.1) is 0 Å². The molecule has 1 saturated heterocycles. The molecule has 0 aliphatic carbocycles. The van der Waals surface area contributed by atoms with Crippen LogP contribution in [0.2, 0.25) is 0 Å². The maximum Gasteiger partial charge on any atom is 0.261 e. The summed E-state index contributed by atoms with van der Waals surface area (Å²) in [5, 5.41) is 5.82. The fourth-order valence-electron chi connectivity index (χ4n) is 3.35. The van der Waals surface area contributed by atoms with Gasteiger partial charge in [-0.05, 0) is 75.7 Å². The predicted octanol–water partition coefficient (Wildman–Crippen LogP) is 4.23. The minimum atomic E-state index is -0.357. The van der Waals surface area contributed by atoms with E-state index in [1.807, 2.05) is 24.8 Å². The number of hydrogen-bond acceptors (Lipinski definition) is 4. The Bertz CT molecular complexity index is 923. The summed E-state index contributed by atoms with van der Waals surface area (Å²) in [6, 6.07) is 14.2. The smallest absolute Gasteiger partial charge is 0.261 e. The fourth-order valence-corrected chi connectivity index (χ4v) is 3.56. The Morgan fingerprint density at radius 2 is 1.77 bits per heavy atom. The zero-order valence-corrected chi connectivity index (χ0v) is 18.1. The van der Waals surface area contributed by atoms with Crippen molar-refractivity contribution in [2.45, 2.75) is 39.2 Å². The second kappa shape index (κ2) is 10.2. The van der Waals surface area contributed by atoms with Crippen molar-refractivity contribution >= 4 is 34.8 Å². The summed E-state index contributed by atoms with van der Waals surface area (Å²) in [4.78, 5) is 27.2. The lowest BCUT2D eigenvalue weighted by molar-refractivity contribution is 0.0724. The third-order valence-electron chi connectivity index (χ3n) is 4.73. The molecule has 0 aromatic heterocycles. The van der Waals surface area contributed by atoms with E-state index >= 15 is 0 Å². The summed E-state index contributed by atoms with van der Waals surface area (Å²) in [6.07, 6.45) is 3.21. The molecule has 2 amide bonds. The highest BCUT2D eigenvalue weighted by Gasteiger charge is 2.19. The molecule has 0 radical (unpaired) electrons. The molecule has 3 rings (SSSR count). The highest BCUT2D eigenvalue weighted by atomic mass is 32.1. The van der Waals surface area contributed by atoms with Crippen molar-refractivity contribution in [1.29, 1.82) is 0 Å². The van der Waals surface area contributed by atoms with Crippen LogP contribution in [-0.4, -0.2) is 41.0 Å². The molecule has 0 unspecified atom stereocenters. The number of nitrogens with one attached hydrogen (secondary N) is 2. The van der Waals surface area contributed by atoms with Crippen molar-refractivity contribution in [3.8, 4) is 5.75 Å². The molecule has 0 saturated carbocycles. The Morgan fingerprint density at radius 3 is 2.50 bits per heavy atom. The van der Waals surface area contributed by atoms with E-state index in [2.05, 4.69) is 10.6 Å². The first kappa shape index (κ1) is 21.8. The summed E-state index contributed by atoms with van der Waals surface area (Å²) in [7, 11) is 0. The Kier molecular flexibility index (Phi) is 7.41. The Hall–Kier alpha value is -2.93. The number of anilines is 1. The van der Waals surface area contributed by atoms with Crippen LogP contribution in [0.25, 0.3) is 0 Å². The molecule has 2 aromatic carbocycles. The van der Waals surface area contributed by atoms with Crippen molar-refractivity contribution in [1.82, 2.24) is 10.2 Å². The van der Waals surface area contributed by atoms with Gasteiger partial charge in [-0.25, -0.2) is 0 Å². The molecule has 30 heavy (non-hydrogen) atoms. The monoisotopic (exact) mass is 425 g/mol. The summed E-state index contributed by atoms with van der Waals surface area (Å²) in [6.45, 7) is 5.39. The van der Waals surface area contributed by atoms with Gasteiger partial charge in [0, 0.05) is 24.3 Å². The van der Waals surface area contributed by atoms with E-state index in [9.17, 15) is 9.59 Å². The van der Waals surface area contributed by atoms with Gasteiger partial charge < -0.3 is 15.0 Å². The average molecular weight is 426 g/mol. The lowest BCUT2D eigenvalue weighted by atomic mass is 10.1. The number of rotatable bonds is 5. The third kappa shape index (κ3) is 5.79. The Balaban J connectivity index is 1.64. The zero-order valence-electron chi connectivity index (χ0n) is 17.3. The van der Waals surface area contributed by atoms with Gasteiger partial charge in [-0.2, -0.15) is 0 Å². The number of thiocarbonyl (C=S) groups is 1. The van der Waals surface area contributed by atoms with Crippen LogP contribution in [-0.2, 0) is 0 Å². The molecule has 2 N–H and O–H groups in total. The molecule has 1 fully saturated rings. The molecule has 0 atom stereocenters. The van der Waals surface area contributed by atoms with Crippen molar-refractivity contribution in [3.05, 3.63) is 59.7 Å². The highest BCUT2D eigenvalue weighted by molar-refractivity contribution is 7.80. The van der Waals surface area contributed by atoms with E-state index in [-0.39, 0.29) is 23.0 Å². The van der Waals surface area contributed by atoms with E-state index in [4.69, 9.17) is 17.0 Å². The number of likely N-dealkylation sites (tertiary alicyclic amines) is 1. The van der Waals surface area contributed by atoms with E-state index in [0.717, 1.165) is 25.9 Å². The number of benzene rings is 2. The number of hydrogen-bond donors (Lipinski definition) is 2. The number of nitrogens with zero attached hydrogens (tertiary/aromatic N) is 1. The Morgan fingerprint density at radius 1 is 1.03 bits per heavy atom. The molecule has 158 valence electrons. The molecule has 6 nitrogen and oxygen atoms in total. The van der Waals surface area contributed by atoms with Gasteiger partial charge in [0.15, 0.2) is 5.11 Å².